The van der Waals surface area contributed by atoms with Gasteiger partial charge >= 0.3 is 5.97 Å². The molecule has 0 bridgehead atoms. The molecule has 1 aromatic rings. The number of nitrogens with zero attached hydrogens (tertiary/aromatic N) is 4. The quantitative estimate of drug-likeness (QED) is 0.685. The lowest BCUT2D eigenvalue weighted by Crippen LogP contribution is -2.48. The largest absolute Gasteiger partial charge is 0.481 e. The highest BCUT2D eigenvalue weighted by atomic mass is 16.4. The normalized spacial score (nSPS) is 17.2. The van der Waals surface area contributed by atoms with Crippen LogP contribution in [0, 0.1) is 5.41 Å². The molecule has 2 N–H and O–H groups in total. The molecule has 0 radical (unpaired) electrons. The molecule has 0 atom stereocenters. The van der Waals surface area contributed by atoms with Crippen molar-refractivity contribution in [1.82, 2.24) is 25.5 Å². The number of carboxylic acids is 1. The highest BCUT2D eigenvalue weighted by molar-refractivity contribution is 5.79. The van der Waals surface area contributed by atoms with Crippen LogP contribution in [-0.2, 0) is 16.1 Å². The molecule has 1 amide bonds. The van der Waals surface area contributed by atoms with E-state index in [0.29, 0.717) is 12.8 Å². The molecule has 1 aliphatic rings. The first-order valence-corrected chi connectivity index (χ1v) is 5.33. The third kappa shape index (κ3) is 2.40. The number of hydrogen-bond acceptors (Lipinski definition) is 5. The molecule has 0 saturated heterocycles. The Morgan fingerprint density at radius 1 is 1.47 bits per heavy atom. The zero-order valence-electron chi connectivity index (χ0n) is 9.17. The van der Waals surface area contributed by atoms with Crippen LogP contribution in [-0.4, -0.2) is 43.7 Å². The van der Waals surface area contributed by atoms with Gasteiger partial charge in [0.2, 0.25) is 5.91 Å². The van der Waals surface area contributed by atoms with Crippen molar-refractivity contribution in [2.24, 2.45) is 5.41 Å². The average molecular weight is 239 g/mol. The van der Waals surface area contributed by atoms with Gasteiger partial charge in [-0.25, -0.2) is 4.68 Å². The molecule has 0 aliphatic heterocycles. The zero-order chi connectivity index (χ0) is 12.3. The standard InChI is InChI=1S/C9H13N5O3/c15-7(4-14-6-11-12-13-14)10-5-9(8(16)17)2-1-3-9/h6H,1-5H2,(H,10,15)(H,16,17). The monoisotopic (exact) mass is 239 g/mol. The second-order valence-electron chi connectivity index (χ2n) is 4.22. The molecule has 1 heterocycles. The third-order valence-corrected chi connectivity index (χ3v) is 3.09. The predicted octanol–water partition coefficient (Wildman–Crippen LogP) is -0.956. The fraction of sp³-hybridized carbons (Fsp3) is 0.667. The number of hydrogen-bond donors (Lipinski definition) is 2. The van der Waals surface area contributed by atoms with Crippen molar-refractivity contribution in [3.05, 3.63) is 6.33 Å². The summed E-state index contributed by atoms with van der Waals surface area (Å²) in [5, 5.41) is 22.0. The molecule has 1 saturated carbocycles. The highest BCUT2D eigenvalue weighted by Gasteiger charge is 2.44. The highest BCUT2D eigenvalue weighted by Crippen LogP contribution is 2.40. The van der Waals surface area contributed by atoms with Crippen molar-refractivity contribution < 1.29 is 14.7 Å². The van der Waals surface area contributed by atoms with Crippen molar-refractivity contribution >= 4 is 11.9 Å². The predicted molar refractivity (Wildman–Crippen MR) is 54.7 cm³/mol. The van der Waals surface area contributed by atoms with E-state index in [1.54, 1.807) is 0 Å². The van der Waals surface area contributed by atoms with Gasteiger partial charge in [0.1, 0.15) is 12.9 Å². The summed E-state index contributed by atoms with van der Waals surface area (Å²) < 4.78 is 1.28. The van der Waals surface area contributed by atoms with Crippen molar-refractivity contribution in [1.29, 1.82) is 0 Å². The van der Waals surface area contributed by atoms with Gasteiger partial charge in [0.05, 0.1) is 5.41 Å². The van der Waals surface area contributed by atoms with Gasteiger partial charge in [-0.05, 0) is 23.3 Å². The van der Waals surface area contributed by atoms with Gasteiger partial charge in [0.15, 0.2) is 0 Å². The third-order valence-electron chi connectivity index (χ3n) is 3.09. The van der Waals surface area contributed by atoms with Crippen LogP contribution < -0.4 is 5.32 Å². The number of aliphatic carboxylic acids is 1. The summed E-state index contributed by atoms with van der Waals surface area (Å²) in [7, 11) is 0. The number of nitrogens with one attached hydrogen (secondary N) is 1. The van der Waals surface area contributed by atoms with E-state index >= 15 is 0 Å². The Morgan fingerprint density at radius 3 is 2.71 bits per heavy atom. The number of rotatable bonds is 5. The van der Waals surface area contributed by atoms with Gasteiger partial charge in [-0.1, -0.05) is 6.42 Å². The van der Waals surface area contributed by atoms with Gasteiger partial charge in [-0.15, -0.1) is 5.10 Å². The molecule has 1 aromatic heterocycles. The van der Waals surface area contributed by atoms with E-state index in [0.717, 1.165) is 6.42 Å². The second-order valence-corrected chi connectivity index (χ2v) is 4.22. The average Bonchev–Trinajstić information content (AvgIpc) is 2.68. The van der Waals surface area contributed by atoms with Crippen molar-refractivity contribution in [2.75, 3.05) is 6.54 Å². The summed E-state index contributed by atoms with van der Waals surface area (Å²) in [6.45, 7) is 0.173. The fourth-order valence-corrected chi connectivity index (χ4v) is 1.79. The van der Waals surface area contributed by atoms with Crippen LogP contribution in [0.3, 0.4) is 0 Å². The Bertz CT molecular complexity index is 412. The summed E-state index contributed by atoms with van der Waals surface area (Å²) in [5.74, 6) is -1.13. The Hall–Kier alpha value is -1.99. The van der Waals surface area contributed by atoms with Gasteiger partial charge < -0.3 is 10.4 Å². The number of carbonyl (C=O) groups is 2. The summed E-state index contributed by atoms with van der Waals surface area (Å²) in [5.41, 5.74) is -0.768. The molecule has 2 rings (SSSR count). The Labute approximate surface area is 97.0 Å². The summed E-state index contributed by atoms with van der Waals surface area (Å²) >= 11 is 0. The lowest BCUT2D eigenvalue weighted by Gasteiger charge is -2.37. The van der Waals surface area contributed by atoms with E-state index < -0.39 is 11.4 Å². The van der Waals surface area contributed by atoms with Gasteiger partial charge in [-0.2, -0.15) is 0 Å². The minimum atomic E-state index is -0.841. The van der Waals surface area contributed by atoms with Crippen molar-refractivity contribution in [3.8, 4) is 0 Å². The van der Waals surface area contributed by atoms with Crippen LogP contribution >= 0.6 is 0 Å². The summed E-state index contributed by atoms with van der Waals surface area (Å²) in [4.78, 5) is 22.5. The molecular weight excluding hydrogens is 226 g/mol. The maximum atomic E-state index is 11.5. The Kier molecular flexibility index (Phi) is 3.03. The first-order chi connectivity index (χ1) is 8.12. The molecule has 0 spiro atoms. The van der Waals surface area contributed by atoms with Crippen LogP contribution in [0.5, 0.6) is 0 Å². The smallest absolute Gasteiger partial charge is 0.311 e. The lowest BCUT2D eigenvalue weighted by atomic mass is 9.69. The van der Waals surface area contributed by atoms with E-state index in [-0.39, 0.29) is 19.0 Å². The van der Waals surface area contributed by atoms with E-state index in [1.807, 2.05) is 0 Å². The molecule has 17 heavy (non-hydrogen) atoms. The maximum Gasteiger partial charge on any atom is 0.311 e. The molecule has 8 heteroatoms. The molecule has 1 aliphatic carbocycles. The first kappa shape index (κ1) is 11.5. The molecule has 1 fully saturated rings. The molecule has 0 aromatic carbocycles. The lowest BCUT2D eigenvalue weighted by molar-refractivity contribution is -0.154. The number of amides is 1. The Balaban J connectivity index is 1.82. The summed E-state index contributed by atoms with van der Waals surface area (Å²) in [6, 6.07) is 0. The topological polar surface area (TPSA) is 110 Å². The van der Waals surface area contributed by atoms with Gasteiger partial charge in [-0.3, -0.25) is 9.59 Å². The van der Waals surface area contributed by atoms with E-state index in [2.05, 4.69) is 20.8 Å². The van der Waals surface area contributed by atoms with E-state index in [9.17, 15) is 9.59 Å². The number of tetrazole rings is 1. The van der Waals surface area contributed by atoms with Gasteiger partial charge in [0, 0.05) is 6.54 Å². The molecule has 8 nitrogen and oxygen atoms in total. The fourth-order valence-electron chi connectivity index (χ4n) is 1.79. The molecular formula is C9H13N5O3. The van der Waals surface area contributed by atoms with Crippen LogP contribution in [0.2, 0.25) is 0 Å². The first-order valence-electron chi connectivity index (χ1n) is 5.33. The van der Waals surface area contributed by atoms with Gasteiger partial charge in [0.25, 0.3) is 0 Å². The minimum absolute atomic E-state index is 0.00268. The van der Waals surface area contributed by atoms with E-state index in [1.165, 1.54) is 11.0 Å². The number of carbonyl (C=O) groups excluding carboxylic acids is 1. The molecule has 0 unspecified atom stereocenters. The second kappa shape index (κ2) is 4.48. The van der Waals surface area contributed by atoms with Crippen molar-refractivity contribution in [2.45, 2.75) is 25.8 Å². The number of aromatic nitrogens is 4. The molecule has 92 valence electrons. The summed E-state index contributed by atoms with van der Waals surface area (Å²) in [6.07, 6.45) is 3.46. The SMILES string of the molecule is O=C(Cn1cnnn1)NCC1(C(=O)O)CCC1. The minimum Gasteiger partial charge on any atom is -0.481 e. The van der Waals surface area contributed by atoms with Crippen LogP contribution in [0.15, 0.2) is 6.33 Å². The zero-order valence-corrected chi connectivity index (χ0v) is 9.17. The van der Waals surface area contributed by atoms with Crippen LogP contribution in [0.25, 0.3) is 0 Å². The Morgan fingerprint density at radius 2 is 2.24 bits per heavy atom. The number of carboxylic acid groups (broad SMARTS) is 1. The van der Waals surface area contributed by atoms with E-state index in [4.69, 9.17) is 5.11 Å². The van der Waals surface area contributed by atoms with Crippen molar-refractivity contribution in [3.63, 3.8) is 0 Å². The van der Waals surface area contributed by atoms with Crippen LogP contribution in [0.1, 0.15) is 19.3 Å². The van der Waals surface area contributed by atoms with Crippen LogP contribution in [0.4, 0.5) is 0 Å². The maximum absolute atomic E-state index is 11.5.